The average Bonchev–Trinajstić information content (AvgIpc) is 1.98. The van der Waals surface area contributed by atoms with Crippen LogP contribution in [0.15, 0.2) is 0 Å². The number of hydrogen-bond donors (Lipinski definition) is 0. The fourth-order valence-electron chi connectivity index (χ4n) is 0.606. The standard InChI is InChI=1S/C9H19NO3S2/c1-7(2)13-8(11)10(6)15(12)14-9(3,4)5/h7H,1-6H3. The molecule has 0 radical (unpaired) electrons. The summed E-state index contributed by atoms with van der Waals surface area (Å²) in [6.45, 7) is 9.34. The summed E-state index contributed by atoms with van der Waals surface area (Å²) in [7, 11) is 1.28. The lowest BCUT2D eigenvalue weighted by molar-refractivity contribution is 0.102. The molecule has 4 nitrogen and oxygen atoms in total. The number of ether oxygens (including phenoxy) is 1. The molecule has 0 bridgehead atoms. The first-order valence-corrected chi connectivity index (χ1v) is 7.13. The maximum absolute atomic E-state index is 11.7. The smallest absolute Gasteiger partial charge is 0.422 e. The van der Waals surface area contributed by atoms with Crippen molar-refractivity contribution >= 4 is 26.9 Å². The fraction of sp³-hybridized carbons (Fsp3) is 0.889. The molecule has 0 fully saturated rings. The van der Waals surface area contributed by atoms with Gasteiger partial charge in [-0.1, -0.05) is 0 Å². The van der Waals surface area contributed by atoms with Gasteiger partial charge in [0, 0.05) is 11.8 Å². The highest BCUT2D eigenvalue weighted by Crippen LogP contribution is 2.28. The Morgan fingerprint density at radius 1 is 1.40 bits per heavy atom. The molecule has 0 spiro atoms. The molecule has 15 heavy (non-hydrogen) atoms. The second kappa shape index (κ2) is 5.75. The van der Waals surface area contributed by atoms with Gasteiger partial charge in [-0.3, -0.25) is 0 Å². The zero-order chi connectivity index (χ0) is 12.2. The lowest BCUT2D eigenvalue weighted by Gasteiger charge is -2.22. The summed E-state index contributed by atoms with van der Waals surface area (Å²) in [6.07, 6.45) is -0.753. The van der Waals surface area contributed by atoms with Gasteiger partial charge in [0.1, 0.15) is 0 Å². The molecule has 1 atom stereocenters. The van der Waals surface area contributed by atoms with Crippen LogP contribution in [0.5, 0.6) is 0 Å². The quantitative estimate of drug-likeness (QED) is 0.725. The van der Waals surface area contributed by atoms with Crippen molar-refractivity contribution in [2.75, 3.05) is 7.05 Å². The molecule has 90 valence electrons. The van der Waals surface area contributed by atoms with Gasteiger partial charge in [0.25, 0.3) is 0 Å². The first kappa shape index (κ1) is 14.8. The molecule has 0 rings (SSSR count). The largest absolute Gasteiger partial charge is 0.446 e. The highest BCUT2D eigenvalue weighted by molar-refractivity contribution is 8.68. The molecule has 6 heteroatoms. The Bertz CT molecular complexity index is 248. The van der Waals surface area contributed by atoms with E-state index in [0.29, 0.717) is 0 Å². The third-order valence-corrected chi connectivity index (χ3v) is 4.98. The monoisotopic (exact) mass is 253 g/mol. The third kappa shape index (κ3) is 6.78. The molecule has 0 aromatic heterocycles. The zero-order valence-corrected chi connectivity index (χ0v) is 11.7. The normalized spacial score (nSPS) is 13.8. The molecule has 0 saturated heterocycles. The first-order valence-electron chi connectivity index (χ1n) is 4.69. The van der Waals surface area contributed by atoms with Crippen molar-refractivity contribution in [2.45, 2.75) is 45.5 Å². The second-order valence-corrected chi connectivity index (χ2v) is 8.07. The van der Waals surface area contributed by atoms with Gasteiger partial charge in [-0.15, -0.1) is 0 Å². The third-order valence-electron chi connectivity index (χ3n) is 1.14. The van der Waals surface area contributed by atoms with Crippen molar-refractivity contribution < 1.29 is 13.7 Å². The van der Waals surface area contributed by atoms with Gasteiger partial charge in [-0.05, 0) is 45.4 Å². The molecular weight excluding hydrogens is 234 g/mol. The molecule has 0 aromatic carbocycles. The van der Waals surface area contributed by atoms with E-state index in [0.717, 1.165) is 4.31 Å². The minimum Gasteiger partial charge on any atom is -0.446 e. The topological polar surface area (TPSA) is 46.6 Å². The van der Waals surface area contributed by atoms with Gasteiger partial charge >= 0.3 is 6.09 Å². The second-order valence-electron chi connectivity index (χ2n) is 4.34. The summed E-state index contributed by atoms with van der Waals surface area (Å²) in [6, 6.07) is 0. The van der Waals surface area contributed by atoms with Gasteiger partial charge in [-0.25, -0.2) is 13.3 Å². The van der Waals surface area contributed by atoms with Crippen molar-refractivity contribution in [3.05, 3.63) is 0 Å². The van der Waals surface area contributed by atoms with E-state index in [4.69, 9.17) is 4.74 Å². The summed E-state index contributed by atoms with van der Waals surface area (Å²) in [5, 5.41) is 0. The van der Waals surface area contributed by atoms with Crippen LogP contribution in [0.25, 0.3) is 0 Å². The van der Waals surface area contributed by atoms with Crippen molar-refractivity contribution in [3.8, 4) is 0 Å². The lowest BCUT2D eigenvalue weighted by Crippen LogP contribution is -2.31. The summed E-state index contributed by atoms with van der Waals surface area (Å²) < 4.78 is 17.6. The van der Waals surface area contributed by atoms with Crippen LogP contribution in [-0.4, -0.2) is 32.5 Å². The fourth-order valence-corrected chi connectivity index (χ4v) is 3.11. The highest BCUT2D eigenvalue weighted by atomic mass is 33.1. The number of carbonyl (C=O) groups excluding carboxylic acids is 1. The predicted octanol–water partition coefficient (Wildman–Crippen LogP) is 2.57. The Labute approximate surface area is 97.7 Å². The van der Waals surface area contributed by atoms with Crippen molar-refractivity contribution in [1.82, 2.24) is 4.31 Å². The molecule has 0 saturated carbocycles. The summed E-state index contributed by atoms with van der Waals surface area (Å²) in [5.41, 5.74) is 0. The Morgan fingerprint density at radius 2 is 1.87 bits per heavy atom. The number of amides is 1. The SMILES string of the molecule is CC(C)OC(=O)N(C)S(=O)SC(C)(C)C. The molecular formula is C9H19NO3S2. The van der Waals surface area contributed by atoms with Crippen LogP contribution in [0.4, 0.5) is 4.79 Å². The molecule has 0 aliphatic heterocycles. The summed E-state index contributed by atoms with van der Waals surface area (Å²) in [4.78, 5) is 11.4. The van der Waals surface area contributed by atoms with Gasteiger partial charge in [-0.2, -0.15) is 0 Å². The van der Waals surface area contributed by atoms with Crippen molar-refractivity contribution in [1.29, 1.82) is 0 Å². The van der Waals surface area contributed by atoms with Crippen LogP contribution >= 0.6 is 10.8 Å². The van der Waals surface area contributed by atoms with E-state index in [2.05, 4.69) is 0 Å². The minimum absolute atomic E-state index is 0.156. The van der Waals surface area contributed by atoms with E-state index < -0.39 is 16.1 Å². The summed E-state index contributed by atoms with van der Waals surface area (Å²) >= 11 is 0. The average molecular weight is 253 g/mol. The van der Waals surface area contributed by atoms with E-state index >= 15 is 0 Å². The van der Waals surface area contributed by atoms with E-state index in [1.54, 1.807) is 13.8 Å². The highest BCUT2D eigenvalue weighted by Gasteiger charge is 2.23. The van der Waals surface area contributed by atoms with Crippen molar-refractivity contribution in [2.24, 2.45) is 0 Å². The van der Waals surface area contributed by atoms with E-state index in [-0.39, 0.29) is 10.9 Å². The van der Waals surface area contributed by atoms with Gasteiger partial charge in [0.2, 0.25) is 0 Å². The maximum atomic E-state index is 11.7. The van der Waals surface area contributed by atoms with Crippen molar-refractivity contribution in [3.63, 3.8) is 0 Å². The van der Waals surface area contributed by atoms with Gasteiger partial charge in [0.15, 0.2) is 10.0 Å². The Hall–Kier alpha value is -0.230. The molecule has 1 unspecified atom stereocenters. The van der Waals surface area contributed by atoms with Crippen LogP contribution in [0, 0.1) is 0 Å². The van der Waals surface area contributed by atoms with Crippen LogP contribution in [0.1, 0.15) is 34.6 Å². The molecule has 0 aromatic rings. The Balaban J connectivity index is 4.26. The maximum Gasteiger partial charge on any atom is 0.422 e. The molecule has 1 amide bonds. The number of hydrogen-bond acceptors (Lipinski definition) is 4. The van der Waals surface area contributed by atoms with E-state index in [1.165, 1.54) is 17.8 Å². The van der Waals surface area contributed by atoms with E-state index in [9.17, 15) is 9.00 Å². The van der Waals surface area contributed by atoms with Crippen LogP contribution < -0.4 is 0 Å². The summed E-state index contributed by atoms with van der Waals surface area (Å²) in [5.74, 6) is 0. The number of nitrogens with zero attached hydrogens (tertiary/aromatic N) is 1. The molecule has 0 heterocycles. The zero-order valence-electron chi connectivity index (χ0n) is 10.1. The van der Waals surface area contributed by atoms with Crippen LogP contribution in [0.2, 0.25) is 0 Å². The molecule has 0 N–H and O–H groups in total. The minimum atomic E-state index is -1.41. The number of rotatable bonds is 3. The molecule has 0 aliphatic carbocycles. The van der Waals surface area contributed by atoms with Crippen LogP contribution in [0.3, 0.4) is 0 Å². The first-order chi connectivity index (χ1) is 6.63. The van der Waals surface area contributed by atoms with E-state index in [1.807, 2.05) is 20.8 Å². The Morgan fingerprint density at radius 3 is 2.20 bits per heavy atom. The molecule has 0 aliphatic rings. The van der Waals surface area contributed by atoms with Gasteiger partial charge < -0.3 is 4.74 Å². The van der Waals surface area contributed by atoms with Crippen LogP contribution in [-0.2, 0) is 14.8 Å². The number of carbonyl (C=O) groups is 1. The Kier molecular flexibility index (Phi) is 5.66. The lowest BCUT2D eigenvalue weighted by atomic mass is 10.3. The van der Waals surface area contributed by atoms with Gasteiger partial charge in [0.05, 0.1) is 6.10 Å². The predicted molar refractivity (Wildman–Crippen MR) is 64.9 cm³/mol.